The van der Waals surface area contributed by atoms with Gasteiger partial charge in [0.25, 0.3) is 0 Å². The van der Waals surface area contributed by atoms with Crippen LogP contribution in [0.1, 0.15) is 37.7 Å². The van der Waals surface area contributed by atoms with Crippen LogP contribution >= 0.6 is 11.6 Å². The molecule has 110 valence electrons. The van der Waals surface area contributed by atoms with Crippen molar-refractivity contribution in [1.29, 1.82) is 0 Å². The maximum atomic E-state index is 6.07. The molecule has 1 aliphatic heterocycles. The van der Waals surface area contributed by atoms with Gasteiger partial charge in [-0.2, -0.15) is 5.10 Å². The molecule has 1 aliphatic rings. The standard InChI is InChI=1S/C14H21ClN4O/c1-3-11-13-14(18(2)17-11)19(12(8-15)16-13)9-10-6-4-5-7-20-10/h10H,3-9H2,1-2H3. The molecule has 20 heavy (non-hydrogen) atoms. The second kappa shape index (κ2) is 5.74. The number of aryl methyl sites for hydroxylation is 2. The van der Waals surface area contributed by atoms with E-state index >= 15 is 0 Å². The van der Waals surface area contributed by atoms with Crippen molar-refractivity contribution in [3.63, 3.8) is 0 Å². The first-order valence-electron chi connectivity index (χ1n) is 7.33. The normalized spacial score (nSPS) is 19.9. The van der Waals surface area contributed by atoms with E-state index in [2.05, 4.69) is 21.6 Å². The molecule has 0 amide bonds. The molecule has 1 fully saturated rings. The van der Waals surface area contributed by atoms with Crippen LogP contribution < -0.4 is 0 Å². The van der Waals surface area contributed by atoms with E-state index in [0.717, 1.165) is 48.7 Å². The number of hydrogen-bond donors (Lipinski definition) is 0. The van der Waals surface area contributed by atoms with Gasteiger partial charge in [-0.25, -0.2) is 4.98 Å². The Morgan fingerprint density at radius 2 is 2.25 bits per heavy atom. The van der Waals surface area contributed by atoms with Crippen molar-refractivity contribution in [3.05, 3.63) is 11.5 Å². The third kappa shape index (κ3) is 2.33. The van der Waals surface area contributed by atoms with E-state index in [-0.39, 0.29) is 6.10 Å². The number of halogens is 1. The van der Waals surface area contributed by atoms with Gasteiger partial charge in [-0.15, -0.1) is 11.6 Å². The Labute approximate surface area is 123 Å². The zero-order valence-corrected chi connectivity index (χ0v) is 12.9. The zero-order chi connectivity index (χ0) is 14.1. The van der Waals surface area contributed by atoms with Crippen LogP contribution in [0.4, 0.5) is 0 Å². The number of imidazole rings is 1. The highest BCUT2D eigenvalue weighted by Crippen LogP contribution is 2.23. The van der Waals surface area contributed by atoms with Crippen molar-refractivity contribution in [1.82, 2.24) is 19.3 Å². The number of hydrogen-bond acceptors (Lipinski definition) is 3. The summed E-state index contributed by atoms with van der Waals surface area (Å²) in [7, 11) is 1.97. The summed E-state index contributed by atoms with van der Waals surface area (Å²) in [6.07, 6.45) is 4.67. The quantitative estimate of drug-likeness (QED) is 0.815. The summed E-state index contributed by atoms with van der Waals surface area (Å²) in [5.74, 6) is 1.34. The molecule has 1 saturated heterocycles. The molecule has 0 N–H and O–H groups in total. The van der Waals surface area contributed by atoms with E-state index in [1.165, 1.54) is 12.8 Å². The molecule has 2 aromatic rings. The number of fused-ring (bicyclic) bond motifs is 1. The van der Waals surface area contributed by atoms with Gasteiger partial charge in [-0.05, 0) is 25.7 Å². The lowest BCUT2D eigenvalue weighted by Gasteiger charge is -2.23. The minimum atomic E-state index is 0.267. The average molecular weight is 297 g/mol. The summed E-state index contributed by atoms with van der Waals surface area (Å²) in [5.41, 5.74) is 3.09. The molecule has 1 atom stereocenters. The van der Waals surface area contributed by atoms with Crippen molar-refractivity contribution >= 4 is 22.8 Å². The Kier molecular flexibility index (Phi) is 3.98. The number of alkyl halides is 1. The van der Waals surface area contributed by atoms with Gasteiger partial charge in [-0.3, -0.25) is 4.68 Å². The minimum Gasteiger partial charge on any atom is -0.376 e. The van der Waals surface area contributed by atoms with E-state index in [1.807, 2.05) is 11.7 Å². The number of rotatable bonds is 4. The predicted octanol–water partition coefficient (Wildman–Crippen LogP) is 2.64. The summed E-state index contributed by atoms with van der Waals surface area (Å²) in [5, 5.41) is 4.55. The van der Waals surface area contributed by atoms with Gasteiger partial charge >= 0.3 is 0 Å². The zero-order valence-electron chi connectivity index (χ0n) is 12.1. The van der Waals surface area contributed by atoms with Crippen molar-refractivity contribution < 1.29 is 4.74 Å². The van der Waals surface area contributed by atoms with E-state index in [1.54, 1.807) is 0 Å². The molecule has 3 rings (SSSR count). The molecule has 0 radical (unpaired) electrons. The van der Waals surface area contributed by atoms with Crippen LogP contribution in [-0.4, -0.2) is 32.0 Å². The highest BCUT2D eigenvalue weighted by atomic mass is 35.5. The first-order valence-corrected chi connectivity index (χ1v) is 7.86. The summed E-state index contributed by atoms with van der Waals surface area (Å²) in [4.78, 5) is 4.68. The monoisotopic (exact) mass is 296 g/mol. The summed E-state index contributed by atoms with van der Waals surface area (Å²) >= 11 is 6.07. The first kappa shape index (κ1) is 13.9. The van der Waals surface area contributed by atoms with E-state index < -0.39 is 0 Å². The van der Waals surface area contributed by atoms with Crippen LogP contribution in [0.2, 0.25) is 0 Å². The van der Waals surface area contributed by atoms with Crippen LogP contribution in [0.15, 0.2) is 0 Å². The second-order valence-electron chi connectivity index (χ2n) is 5.36. The van der Waals surface area contributed by atoms with E-state index in [4.69, 9.17) is 16.3 Å². The van der Waals surface area contributed by atoms with Crippen molar-refractivity contribution in [2.75, 3.05) is 6.61 Å². The molecule has 0 aliphatic carbocycles. The largest absolute Gasteiger partial charge is 0.376 e. The smallest absolute Gasteiger partial charge is 0.158 e. The number of ether oxygens (including phenoxy) is 1. The summed E-state index contributed by atoms with van der Waals surface area (Å²) in [6, 6.07) is 0. The maximum absolute atomic E-state index is 6.07. The van der Waals surface area contributed by atoms with Gasteiger partial charge in [0.05, 0.1) is 24.2 Å². The van der Waals surface area contributed by atoms with E-state index in [9.17, 15) is 0 Å². The SMILES string of the molecule is CCc1nn(C)c2c1nc(CCl)n2CC1CCCCO1. The minimum absolute atomic E-state index is 0.267. The lowest BCUT2D eigenvalue weighted by molar-refractivity contribution is 0.00611. The third-order valence-corrected chi connectivity index (χ3v) is 4.22. The van der Waals surface area contributed by atoms with Crippen LogP contribution in [0.3, 0.4) is 0 Å². The Bertz CT molecular complexity index is 598. The molecule has 0 bridgehead atoms. The maximum Gasteiger partial charge on any atom is 0.158 e. The third-order valence-electron chi connectivity index (χ3n) is 3.99. The lowest BCUT2D eigenvalue weighted by atomic mass is 10.1. The molecule has 2 aromatic heterocycles. The fraction of sp³-hybridized carbons (Fsp3) is 0.714. The molecule has 0 spiro atoms. The van der Waals surface area contributed by atoms with Gasteiger partial charge < -0.3 is 9.30 Å². The molecular weight excluding hydrogens is 276 g/mol. The Morgan fingerprint density at radius 3 is 2.90 bits per heavy atom. The summed E-state index contributed by atoms with van der Waals surface area (Å²) in [6.45, 7) is 3.79. The molecule has 0 saturated carbocycles. The fourth-order valence-electron chi connectivity index (χ4n) is 2.97. The van der Waals surface area contributed by atoms with Gasteiger partial charge in [-0.1, -0.05) is 6.92 Å². The van der Waals surface area contributed by atoms with Gasteiger partial charge in [0.2, 0.25) is 0 Å². The highest BCUT2D eigenvalue weighted by molar-refractivity contribution is 6.16. The molecule has 1 unspecified atom stereocenters. The van der Waals surface area contributed by atoms with Gasteiger partial charge in [0.1, 0.15) is 11.3 Å². The molecule has 0 aromatic carbocycles. The van der Waals surface area contributed by atoms with Crippen LogP contribution in [0.5, 0.6) is 0 Å². The van der Waals surface area contributed by atoms with Crippen molar-refractivity contribution in [2.24, 2.45) is 7.05 Å². The Hall–Kier alpha value is -1.07. The number of aromatic nitrogens is 4. The Balaban J connectivity index is 2.00. The van der Waals surface area contributed by atoms with Gasteiger partial charge in [0, 0.05) is 13.7 Å². The molecule has 6 heteroatoms. The fourth-order valence-corrected chi connectivity index (χ4v) is 3.18. The lowest BCUT2D eigenvalue weighted by Crippen LogP contribution is -2.25. The molecular formula is C14H21ClN4O. The topological polar surface area (TPSA) is 44.9 Å². The first-order chi connectivity index (χ1) is 9.74. The number of nitrogens with zero attached hydrogens (tertiary/aromatic N) is 4. The predicted molar refractivity (Wildman–Crippen MR) is 79.0 cm³/mol. The van der Waals surface area contributed by atoms with Crippen LogP contribution in [0, 0.1) is 0 Å². The average Bonchev–Trinajstić information content (AvgIpc) is 2.98. The Morgan fingerprint density at radius 1 is 1.40 bits per heavy atom. The van der Waals surface area contributed by atoms with E-state index in [0.29, 0.717) is 5.88 Å². The summed E-state index contributed by atoms with van der Waals surface area (Å²) < 4.78 is 9.95. The molecule has 5 nitrogen and oxygen atoms in total. The van der Waals surface area contributed by atoms with Gasteiger partial charge in [0.15, 0.2) is 5.65 Å². The highest BCUT2D eigenvalue weighted by Gasteiger charge is 2.22. The van der Waals surface area contributed by atoms with Crippen LogP contribution in [-0.2, 0) is 30.6 Å². The van der Waals surface area contributed by atoms with Crippen LogP contribution in [0.25, 0.3) is 11.2 Å². The second-order valence-corrected chi connectivity index (χ2v) is 5.62. The molecule has 3 heterocycles. The van der Waals surface area contributed by atoms with Crippen molar-refractivity contribution in [3.8, 4) is 0 Å². The van der Waals surface area contributed by atoms with Crippen molar-refractivity contribution in [2.45, 2.75) is 51.1 Å².